The minimum absolute atomic E-state index is 0.181. The average Bonchev–Trinajstić information content (AvgIpc) is 3.80. The first-order valence-electron chi connectivity index (χ1n) is 14.4. The molecular weight excluding hydrogens is 581 g/mol. The summed E-state index contributed by atoms with van der Waals surface area (Å²) < 4.78 is 0. The molecule has 0 N–H and O–H groups in total. The molecule has 2 aliphatic carbocycles. The van der Waals surface area contributed by atoms with Gasteiger partial charge in [-0.15, -0.1) is 11.3 Å². The van der Waals surface area contributed by atoms with Gasteiger partial charge < -0.3 is 4.90 Å². The molecule has 4 nitrogen and oxygen atoms in total. The molecule has 0 atom stereocenters. The third-order valence-corrected chi connectivity index (χ3v) is 10.5. The lowest BCUT2D eigenvalue weighted by Crippen LogP contribution is -2.17. The van der Waals surface area contributed by atoms with E-state index in [9.17, 15) is 9.59 Å². The zero-order chi connectivity index (χ0) is 30.0. The Kier molecular flexibility index (Phi) is 6.12. The summed E-state index contributed by atoms with van der Waals surface area (Å²) in [4.78, 5) is 35.1. The molecule has 2 aliphatic rings. The molecule has 0 unspecified atom stereocenters. The molecule has 0 saturated carbocycles. The van der Waals surface area contributed by atoms with Gasteiger partial charge in [0.2, 0.25) is 0 Å². The second-order valence-electron chi connectivity index (χ2n) is 11.6. The first kappa shape index (κ1) is 26.7. The SMILES string of the molecule is CC1(C)c2cc(N(c3ccccc3)c3ccc(-c4ccccc4)cc3)cnc2-c2sc(C=C3C(=O)c4cscc4C3=O)cc21. The highest BCUT2D eigenvalue weighted by Gasteiger charge is 2.40. The van der Waals surface area contributed by atoms with E-state index >= 15 is 0 Å². The van der Waals surface area contributed by atoms with Gasteiger partial charge in [0.05, 0.1) is 28.0 Å². The van der Waals surface area contributed by atoms with Crippen LogP contribution < -0.4 is 4.90 Å². The molecule has 0 radical (unpaired) electrons. The summed E-state index contributed by atoms with van der Waals surface area (Å²) in [5, 5.41) is 3.53. The smallest absolute Gasteiger partial charge is 0.198 e. The number of hydrogen-bond acceptors (Lipinski definition) is 6. The third kappa shape index (κ3) is 4.13. The van der Waals surface area contributed by atoms with Crippen LogP contribution in [0, 0.1) is 0 Å². The molecule has 8 rings (SSSR count). The maximum atomic E-state index is 12.9. The Morgan fingerprint density at radius 2 is 1.32 bits per heavy atom. The van der Waals surface area contributed by atoms with Crippen LogP contribution in [0.1, 0.15) is 50.6 Å². The molecule has 0 spiro atoms. The predicted molar refractivity (Wildman–Crippen MR) is 181 cm³/mol. The van der Waals surface area contributed by atoms with Crippen LogP contribution in [0.4, 0.5) is 17.1 Å². The normalized spacial score (nSPS) is 14.4. The quantitative estimate of drug-likeness (QED) is 0.145. The highest BCUT2D eigenvalue weighted by Crippen LogP contribution is 2.53. The fourth-order valence-electron chi connectivity index (χ4n) is 6.27. The number of Topliss-reactive ketones (excluding diaryl/α,β-unsaturated/α-hetero) is 2. The fourth-order valence-corrected chi connectivity index (χ4v) is 8.35. The zero-order valence-electron chi connectivity index (χ0n) is 24.1. The van der Waals surface area contributed by atoms with Crippen molar-refractivity contribution in [3.05, 3.63) is 147 Å². The van der Waals surface area contributed by atoms with E-state index in [0.29, 0.717) is 11.1 Å². The molecule has 0 saturated heterocycles. The maximum Gasteiger partial charge on any atom is 0.198 e. The van der Waals surface area contributed by atoms with Gasteiger partial charge in [0.25, 0.3) is 0 Å². The van der Waals surface area contributed by atoms with Crippen LogP contribution in [0.25, 0.3) is 27.8 Å². The standard InChI is InChI=1S/C38H26N2O2S2/c1-38(2)32-17-27(40(25-11-7-4-8-12-25)26-15-13-24(14-16-26)23-9-5-3-6-10-23)20-39-34(32)37-33(38)19-28(44-37)18-29-35(41)30-21-43-22-31(30)36(29)42/h3-22H,1-2H3. The number of carbonyl (C=O) groups is 2. The van der Waals surface area contributed by atoms with Crippen LogP contribution in [0.3, 0.4) is 0 Å². The second kappa shape index (κ2) is 10.1. The minimum atomic E-state index is -0.303. The van der Waals surface area contributed by atoms with E-state index in [1.54, 1.807) is 28.2 Å². The van der Waals surface area contributed by atoms with Crippen LogP contribution >= 0.6 is 22.7 Å². The van der Waals surface area contributed by atoms with Gasteiger partial charge in [0.1, 0.15) is 0 Å². The Balaban J connectivity index is 1.18. The number of hydrogen-bond donors (Lipinski definition) is 0. The van der Waals surface area contributed by atoms with Crippen molar-refractivity contribution in [1.29, 1.82) is 0 Å². The van der Waals surface area contributed by atoms with Crippen LogP contribution in [0.2, 0.25) is 0 Å². The van der Waals surface area contributed by atoms with E-state index in [4.69, 9.17) is 4.98 Å². The molecule has 44 heavy (non-hydrogen) atoms. The Morgan fingerprint density at radius 3 is 2.00 bits per heavy atom. The lowest BCUT2D eigenvalue weighted by Gasteiger charge is -2.27. The molecular formula is C38H26N2O2S2. The Bertz CT molecular complexity index is 2090. The Labute approximate surface area is 263 Å². The zero-order valence-corrected chi connectivity index (χ0v) is 25.7. The molecule has 6 aromatic rings. The molecule has 6 heteroatoms. The number of allylic oxidation sites excluding steroid dienone is 1. The van der Waals surface area contributed by atoms with Crippen molar-refractivity contribution >= 4 is 57.4 Å². The number of anilines is 3. The lowest BCUT2D eigenvalue weighted by molar-refractivity contribution is 0.0990. The number of nitrogens with zero attached hydrogens (tertiary/aromatic N) is 2. The van der Waals surface area contributed by atoms with Crippen molar-refractivity contribution in [2.45, 2.75) is 19.3 Å². The minimum Gasteiger partial charge on any atom is -0.309 e. The van der Waals surface area contributed by atoms with Gasteiger partial charge >= 0.3 is 0 Å². The third-order valence-electron chi connectivity index (χ3n) is 8.62. The summed E-state index contributed by atoms with van der Waals surface area (Å²) in [5.74, 6) is -0.361. The summed E-state index contributed by atoms with van der Waals surface area (Å²) in [6, 6.07) is 33.8. The van der Waals surface area contributed by atoms with E-state index < -0.39 is 0 Å². The predicted octanol–water partition coefficient (Wildman–Crippen LogP) is 10.1. The number of ketones is 2. The monoisotopic (exact) mass is 606 g/mol. The highest BCUT2D eigenvalue weighted by atomic mass is 32.1. The number of pyridine rings is 1. The van der Waals surface area contributed by atoms with Crippen LogP contribution in [0.5, 0.6) is 0 Å². The first-order chi connectivity index (χ1) is 21.4. The molecule has 3 aromatic carbocycles. The van der Waals surface area contributed by atoms with E-state index in [1.165, 1.54) is 28.0 Å². The summed E-state index contributed by atoms with van der Waals surface area (Å²) in [7, 11) is 0. The average molecular weight is 607 g/mol. The number of rotatable bonds is 5. The van der Waals surface area contributed by atoms with Gasteiger partial charge in [-0.3, -0.25) is 14.6 Å². The van der Waals surface area contributed by atoms with Crippen molar-refractivity contribution in [3.8, 4) is 21.7 Å². The van der Waals surface area contributed by atoms with Gasteiger partial charge in [-0.05, 0) is 64.7 Å². The molecule has 0 amide bonds. The molecule has 3 aromatic heterocycles. The molecule has 0 fully saturated rings. The van der Waals surface area contributed by atoms with Crippen molar-refractivity contribution in [2.24, 2.45) is 0 Å². The number of fused-ring (bicyclic) bond motifs is 4. The summed E-state index contributed by atoms with van der Waals surface area (Å²) in [5.41, 5.74) is 9.72. The largest absolute Gasteiger partial charge is 0.309 e. The van der Waals surface area contributed by atoms with Gasteiger partial charge in [-0.2, -0.15) is 11.3 Å². The van der Waals surface area contributed by atoms with Crippen molar-refractivity contribution in [2.75, 3.05) is 4.90 Å². The number of aromatic nitrogens is 1. The van der Waals surface area contributed by atoms with E-state index in [0.717, 1.165) is 38.1 Å². The summed E-state index contributed by atoms with van der Waals surface area (Å²) in [6.45, 7) is 4.44. The van der Waals surface area contributed by atoms with Crippen LogP contribution in [-0.2, 0) is 5.41 Å². The fraction of sp³-hybridized carbons (Fsp3) is 0.0789. The van der Waals surface area contributed by atoms with Crippen LogP contribution in [-0.4, -0.2) is 16.6 Å². The maximum absolute atomic E-state index is 12.9. The number of thiophene rings is 2. The van der Waals surface area contributed by atoms with Gasteiger partial charge in [0, 0.05) is 43.6 Å². The van der Waals surface area contributed by atoms with Crippen LogP contribution in [0.15, 0.2) is 120 Å². The summed E-state index contributed by atoms with van der Waals surface area (Å²) >= 11 is 2.98. The van der Waals surface area contributed by atoms with Crippen molar-refractivity contribution < 1.29 is 9.59 Å². The molecule has 3 heterocycles. The summed E-state index contributed by atoms with van der Waals surface area (Å²) in [6.07, 6.45) is 3.71. The van der Waals surface area contributed by atoms with Gasteiger partial charge in [0.15, 0.2) is 11.6 Å². The van der Waals surface area contributed by atoms with E-state index in [1.807, 2.05) is 18.3 Å². The first-order valence-corrected chi connectivity index (χ1v) is 16.2. The number of carbonyl (C=O) groups excluding carboxylic acids is 2. The van der Waals surface area contributed by atoms with Gasteiger partial charge in [-0.1, -0.05) is 74.5 Å². The highest BCUT2D eigenvalue weighted by molar-refractivity contribution is 7.16. The second-order valence-corrected chi connectivity index (χ2v) is 13.4. The van der Waals surface area contributed by atoms with Crippen molar-refractivity contribution in [1.82, 2.24) is 4.98 Å². The van der Waals surface area contributed by atoms with Crippen molar-refractivity contribution in [3.63, 3.8) is 0 Å². The van der Waals surface area contributed by atoms with Gasteiger partial charge in [-0.25, -0.2) is 0 Å². The Morgan fingerprint density at radius 1 is 0.705 bits per heavy atom. The van der Waals surface area contributed by atoms with E-state index in [-0.39, 0.29) is 22.6 Å². The Hall–Kier alpha value is -4.91. The number of para-hydroxylation sites is 1. The number of benzene rings is 3. The lowest BCUT2D eigenvalue weighted by atomic mass is 9.83. The molecule has 0 aliphatic heterocycles. The topological polar surface area (TPSA) is 50.3 Å². The molecule has 212 valence electrons. The van der Waals surface area contributed by atoms with E-state index in [2.05, 4.69) is 104 Å². The molecule has 0 bridgehead atoms.